The Morgan fingerprint density at radius 1 is 1.45 bits per heavy atom. The van der Waals surface area contributed by atoms with Crippen molar-refractivity contribution < 1.29 is 19.4 Å². The summed E-state index contributed by atoms with van der Waals surface area (Å²) < 4.78 is 4.79. The van der Waals surface area contributed by atoms with Crippen molar-refractivity contribution in [2.45, 2.75) is 0 Å². The quantitative estimate of drug-likeness (QED) is 0.492. The van der Waals surface area contributed by atoms with Crippen LogP contribution in [-0.4, -0.2) is 50.3 Å². The molecule has 108 valence electrons. The topological polar surface area (TPSA) is 87.7 Å². The Bertz CT molecular complexity index is 516. The molecule has 6 nitrogen and oxygen atoms in total. The van der Waals surface area contributed by atoms with E-state index in [2.05, 4.69) is 22.5 Å². The highest BCUT2D eigenvalue weighted by Gasteiger charge is 2.12. The van der Waals surface area contributed by atoms with Gasteiger partial charge >= 0.3 is 0 Å². The molecular weight excluding hydrogens is 280 g/mol. The smallest absolute Gasteiger partial charge is 0.263 e. The maximum Gasteiger partial charge on any atom is 0.263 e. The van der Waals surface area contributed by atoms with E-state index in [1.165, 1.54) is 11.3 Å². The molecule has 0 fully saturated rings. The van der Waals surface area contributed by atoms with Crippen LogP contribution in [0.4, 0.5) is 0 Å². The van der Waals surface area contributed by atoms with Crippen LogP contribution in [0.1, 0.15) is 15.2 Å². The summed E-state index contributed by atoms with van der Waals surface area (Å²) >= 11 is 1.23. The van der Waals surface area contributed by atoms with E-state index in [9.17, 15) is 9.59 Å². The summed E-state index contributed by atoms with van der Waals surface area (Å²) in [5, 5.41) is 15.5. The number of carbonyl (C=O) groups is 2. The Hall–Kier alpha value is -1.88. The fourth-order valence-electron chi connectivity index (χ4n) is 1.31. The summed E-state index contributed by atoms with van der Waals surface area (Å²) in [7, 11) is 1.54. The number of rotatable bonds is 6. The molecule has 0 saturated carbocycles. The lowest BCUT2D eigenvalue weighted by atomic mass is 10.2. The van der Waals surface area contributed by atoms with Crippen molar-refractivity contribution >= 4 is 23.2 Å². The van der Waals surface area contributed by atoms with Gasteiger partial charge in [-0.15, -0.1) is 11.3 Å². The lowest BCUT2D eigenvalue weighted by molar-refractivity contribution is -0.120. The lowest BCUT2D eigenvalue weighted by Gasteiger charge is -2.05. The predicted octanol–water partition coefficient (Wildman–Crippen LogP) is -0.416. The highest BCUT2D eigenvalue weighted by atomic mass is 32.1. The van der Waals surface area contributed by atoms with Crippen molar-refractivity contribution in [3.05, 3.63) is 21.9 Å². The molecule has 7 heteroatoms. The van der Waals surface area contributed by atoms with Crippen LogP contribution in [0, 0.1) is 11.8 Å². The average Bonchev–Trinajstić information content (AvgIpc) is 2.91. The summed E-state index contributed by atoms with van der Waals surface area (Å²) in [5.74, 6) is 4.53. The van der Waals surface area contributed by atoms with Crippen molar-refractivity contribution in [3.63, 3.8) is 0 Å². The number of aliphatic hydroxyl groups excluding tert-OH is 1. The van der Waals surface area contributed by atoms with Gasteiger partial charge in [0.1, 0.15) is 11.5 Å². The maximum absolute atomic E-state index is 11.9. The minimum atomic E-state index is -0.357. The summed E-state index contributed by atoms with van der Waals surface area (Å²) in [4.78, 5) is 23.7. The van der Waals surface area contributed by atoms with E-state index >= 15 is 0 Å². The number of hydrogen-bond donors (Lipinski definition) is 3. The molecule has 1 rings (SSSR count). The number of hydrogen-bond acceptors (Lipinski definition) is 5. The Morgan fingerprint density at radius 2 is 2.25 bits per heavy atom. The molecule has 20 heavy (non-hydrogen) atoms. The fraction of sp³-hybridized carbons (Fsp3) is 0.385. The molecule has 2 amide bonds. The molecule has 0 saturated heterocycles. The zero-order valence-electron chi connectivity index (χ0n) is 11.1. The highest BCUT2D eigenvalue weighted by molar-refractivity contribution is 7.12. The summed E-state index contributed by atoms with van der Waals surface area (Å²) in [6, 6.07) is 1.70. The lowest BCUT2D eigenvalue weighted by Crippen LogP contribution is -2.38. The van der Waals surface area contributed by atoms with Gasteiger partial charge in [0.25, 0.3) is 5.91 Å². The van der Waals surface area contributed by atoms with Crippen LogP contribution in [0.2, 0.25) is 0 Å². The van der Waals surface area contributed by atoms with Gasteiger partial charge in [0.2, 0.25) is 5.91 Å². The number of nitrogens with one attached hydrogen (secondary N) is 2. The maximum atomic E-state index is 11.9. The first-order valence-corrected chi connectivity index (χ1v) is 6.78. The van der Waals surface area contributed by atoms with Crippen molar-refractivity contribution in [2.75, 3.05) is 33.4 Å². The second-order valence-corrected chi connectivity index (χ2v) is 4.56. The number of ether oxygens (including phenoxy) is 1. The number of carbonyl (C=O) groups excluding carboxylic acids is 2. The van der Waals surface area contributed by atoms with Crippen LogP contribution < -0.4 is 10.6 Å². The third kappa shape index (κ3) is 5.40. The molecule has 1 heterocycles. The van der Waals surface area contributed by atoms with Crippen LogP contribution in [-0.2, 0) is 9.53 Å². The van der Waals surface area contributed by atoms with Crippen LogP contribution >= 0.6 is 11.3 Å². The minimum absolute atomic E-state index is 0.104. The van der Waals surface area contributed by atoms with Crippen molar-refractivity contribution in [1.29, 1.82) is 0 Å². The molecule has 0 aromatic carbocycles. The van der Waals surface area contributed by atoms with Gasteiger partial charge in [-0.05, 0) is 11.4 Å². The predicted molar refractivity (Wildman–Crippen MR) is 75.5 cm³/mol. The molecule has 0 spiro atoms. The van der Waals surface area contributed by atoms with E-state index in [0.717, 1.165) is 0 Å². The highest BCUT2D eigenvalue weighted by Crippen LogP contribution is 2.15. The molecule has 0 aliphatic carbocycles. The molecule has 1 aromatic rings. The molecule has 0 bridgehead atoms. The first-order chi connectivity index (χ1) is 9.69. The zero-order valence-corrected chi connectivity index (χ0v) is 11.9. The number of aliphatic hydroxyl groups is 1. The molecule has 1 aromatic heterocycles. The summed E-state index contributed by atoms with van der Waals surface area (Å²) in [6.07, 6.45) is 0. The molecule has 0 aliphatic heterocycles. The Labute approximate surface area is 121 Å². The minimum Gasteiger partial charge on any atom is -0.384 e. The zero-order chi connectivity index (χ0) is 14.8. The van der Waals surface area contributed by atoms with Crippen molar-refractivity contribution in [3.8, 4) is 11.8 Å². The second-order valence-electron chi connectivity index (χ2n) is 3.65. The Morgan fingerprint density at radius 3 is 2.95 bits per heavy atom. The van der Waals surface area contributed by atoms with Crippen LogP contribution in [0.25, 0.3) is 0 Å². The SMILES string of the molecule is COCCNC(=O)CNC(=O)c1sccc1C#CCO. The van der Waals surface area contributed by atoms with E-state index < -0.39 is 0 Å². The largest absolute Gasteiger partial charge is 0.384 e. The second kappa shape index (κ2) is 9.09. The number of methoxy groups -OCH3 is 1. The normalized spacial score (nSPS) is 9.50. The first-order valence-electron chi connectivity index (χ1n) is 5.90. The van der Waals surface area contributed by atoms with Gasteiger partial charge < -0.3 is 20.5 Å². The van der Waals surface area contributed by atoms with Gasteiger partial charge in [-0.1, -0.05) is 11.8 Å². The van der Waals surface area contributed by atoms with Crippen molar-refractivity contribution in [2.24, 2.45) is 0 Å². The van der Waals surface area contributed by atoms with E-state index in [1.54, 1.807) is 18.6 Å². The fourth-order valence-corrected chi connectivity index (χ4v) is 2.08. The van der Waals surface area contributed by atoms with Gasteiger partial charge in [-0.25, -0.2) is 0 Å². The Balaban J connectivity index is 2.47. The van der Waals surface area contributed by atoms with Gasteiger partial charge in [0.05, 0.1) is 13.2 Å². The summed E-state index contributed by atoms with van der Waals surface area (Å²) in [6.45, 7) is 0.453. The first kappa shape index (κ1) is 16.2. The molecule has 0 aliphatic rings. The van der Waals surface area contributed by atoms with Crippen LogP contribution in [0.5, 0.6) is 0 Å². The van der Waals surface area contributed by atoms with E-state index in [-0.39, 0.29) is 25.0 Å². The Kier molecular flexibility index (Phi) is 7.35. The van der Waals surface area contributed by atoms with Crippen molar-refractivity contribution in [1.82, 2.24) is 10.6 Å². The molecule has 0 atom stereocenters. The van der Waals surface area contributed by atoms with E-state index in [1.807, 2.05) is 0 Å². The third-order valence-corrected chi connectivity index (χ3v) is 3.12. The van der Waals surface area contributed by atoms with Crippen LogP contribution in [0.3, 0.4) is 0 Å². The van der Waals surface area contributed by atoms with E-state index in [0.29, 0.717) is 23.6 Å². The van der Waals surface area contributed by atoms with Gasteiger partial charge in [0.15, 0.2) is 0 Å². The average molecular weight is 296 g/mol. The van der Waals surface area contributed by atoms with E-state index in [4.69, 9.17) is 9.84 Å². The molecule has 3 N–H and O–H groups in total. The number of thiophene rings is 1. The standard InChI is InChI=1S/C13H16N2O4S/c1-19-7-5-14-11(17)9-15-13(18)12-10(3-2-6-16)4-8-20-12/h4,8,16H,5-7,9H2,1H3,(H,14,17)(H,15,18). The third-order valence-electron chi connectivity index (χ3n) is 2.21. The summed E-state index contributed by atoms with van der Waals surface area (Å²) in [5.41, 5.74) is 0.543. The monoisotopic (exact) mass is 296 g/mol. The number of amides is 2. The van der Waals surface area contributed by atoms with Crippen LogP contribution in [0.15, 0.2) is 11.4 Å². The van der Waals surface area contributed by atoms with Gasteiger partial charge in [0, 0.05) is 19.2 Å². The van der Waals surface area contributed by atoms with Gasteiger partial charge in [-0.2, -0.15) is 0 Å². The molecular formula is C13H16N2O4S. The van der Waals surface area contributed by atoms with Gasteiger partial charge in [-0.3, -0.25) is 9.59 Å². The molecule has 0 unspecified atom stereocenters. The molecule has 0 radical (unpaired) electrons.